The van der Waals surface area contributed by atoms with Crippen molar-refractivity contribution in [1.29, 1.82) is 0 Å². The number of benzene rings is 1. The fraction of sp³-hybridized carbons (Fsp3) is 0.583. The number of methoxy groups -OCH3 is 1. The molecule has 6 rings (SSSR count). The molecule has 0 unspecified atom stereocenters. The number of amides is 4. The molecular weight excluding hydrogens is 697 g/mol. The van der Waals surface area contributed by atoms with Crippen LogP contribution in [0.1, 0.15) is 72.1 Å². The van der Waals surface area contributed by atoms with E-state index in [4.69, 9.17) is 9.47 Å². The van der Waals surface area contributed by atoms with Crippen molar-refractivity contribution in [3.05, 3.63) is 42.4 Å². The smallest absolute Gasteiger partial charge is 0.405 e. The number of hydrogen-bond donors (Lipinski definition) is 4. The minimum atomic E-state index is -4.03. The maximum absolute atomic E-state index is 14.8. The van der Waals surface area contributed by atoms with Gasteiger partial charge in [-0.3, -0.25) is 19.1 Å². The Balaban J connectivity index is 1.34. The van der Waals surface area contributed by atoms with Crippen LogP contribution >= 0.6 is 0 Å². The Bertz CT molecular complexity index is 1900. The molecule has 0 spiro atoms. The Kier molecular flexibility index (Phi) is 10.2. The van der Waals surface area contributed by atoms with E-state index in [9.17, 15) is 37.1 Å². The molecule has 14 nitrogen and oxygen atoms in total. The molecule has 2 aliphatic heterocycles. The predicted molar refractivity (Wildman–Crippen MR) is 187 cm³/mol. The zero-order valence-electron chi connectivity index (χ0n) is 29.7. The number of nitrogens with one attached hydrogen (secondary N) is 3. The molecule has 4 amide bonds. The minimum absolute atomic E-state index is 0.0279. The second-order valence-corrected chi connectivity index (χ2v) is 16.9. The Labute approximate surface area is 301 Å². The molecule has 3 heterocycles. The van der Waals surface area contributed by atoms with Gasteiger partial charge in [-0.1, -0.05) is 32.9 Å². The summed E-state index contributed by atoms with van der Waals surface area (Å²) in [5, 5.41) is 15.8. The van der Waals surface area contributed by atoms with E-state index in [1.54, 1.807) is 19.9 Å². The Morgan fingerprint density at radius 3 is 2.62 bits per heavy atom. The number of halogens is 1. The van der Waals surface area contributed by atoms with Gasteiger partial charge in [0, 0.05) is 23.9 Å². The van der Waals surface area contributed by atoms with Crippen LogP contribution in [-0.2, 0) is 24.4 Å². The molecule has 2 aromatic rings. The summed E-state index contributed by atoms with van der Waals surface area (Å²) in [7, 11) is -2.69. The van der Waals surface area contributed by atoms with Gasteiger partial charge in [0.1, 0.15) is 23.7 Å². The lowest BCUT2D eigenvalue weighted by Gasteiger charge is -2.32. The van der Waals surface area contributed by atoms with Crippen LogP contribution in [0.15, 0.2) is 36.5 Å². The van der Waals surface area contributed by atoms with Crippen LogP contribution in [0.3, 0.4) is 0 Å². The summed E-state index contributed by atoms with van der Waals surface area (Å²) < 4.78 is 54.0. The molecule has 3 fully saturated rings. The van der Waals surface area contributed by atoms with E-state index in [0.717, 1.165) is 0 Å². The van der Waals surface area contributed by atoms with E-state index in [0.29, 0.717) is 49.3 Å². The largest absolute Gasteiger partial charge is 0.494 e. The highest BCUT2D eigenvalue weighted by atomic mass is 32.2. The summed E-state index contributed by atoms with van der Waals surface area (Å²) >= 11 is 0. The third-order valence-corrected chi connectivity index (χ3v) is 13.5. The summed E-state index contributed by atoms with van der Waals surface area (Å²) in [5.41, 5.74) is -1.58. The first-order valence-electron chi connectivity index (χ1n) is 17.8. The maximum Gasteiger partial charge on any atom is 0.405 e. The van der Waals surface area contributed by atoms with Crippen molar-refractivity contribution < 1.29 is 46.6 Å². The first kappa shape index (κ1) is 37.3. The summed E-state index contributed by atoms with van der Waals surface area (Å²) in [5.74, 6) is -3.60. The fourth-order valence-corrected chi connectivity index (χ4v) is 9.44. The molecule has 16 heteroatoms. The van der Waals surface area contributed by atoms with E-state index < -0.39 is 80.0 Å². The van der Waals surface area contributed by atoms with Gasteiger partial charge in [0.25, 0.3) is 5.91 Å². The molecule has 0 radical (unpaired) electrons. The van der Waals surface area contributed by atoms with Gasteiger partial charge in [-0.05, 0) is 80.4 Å². The monoisotopic (exact) mass is 743 g/mol. The summed E-state index contributed by atoms with van der Waals surface area (Å²) in [6.45, 7) is 5.39. The van der Waals surface area contributed by atoms with Gasteiger partial charge < -0.3 is 30.1 Å². The molecular formula is C36H46FN5O9S. The van der Waals surface area contributed by atoms with Crippen LogP contribution < -0.4 is 24.8 Å². The number of pyridine rings is 1. The Hall–Kier alpha value is -4.47. The van der Waals surface area contributed by atoms with Crippen LogP contribution in [-0.4, -0.2) is 89.4 Å². The van der Waals surface area contributed by atoms with Crippen LogP contribution in [0.25, 0.3) is 10.8 Å². The molecule has 4 aliphatic rings. The van der Waals surface area contributed by atoms with Crippen molar-refractivity contribution >= 4 is 44.6 Å². The van der Waals surface area contributed by atoms with Gasteiger partial charge in [0.2, 0.25) is 27.7 Å². The number of hydrogen-bond acceptors (Lipinski definition) is 9. The molecule has 2 saturated carbocycles. The predicted octanol–water partition coefficient (Wildman–Crippen LogP) is 3.64. The van der Waals surface area contributed by atoms with Crippen molar-refractivity contribution in [3.8, 4) is 11.6 Å². The van der Waals surface area contributed by atoms with Crippen molar-refractivity contribution in [2.24, 2.45) is 17.8 Å². The van der Waals surface area contributed by atoms with Crippen LogP contribution in [0.2, 0.25) is 0 Å². The molecule has 0 bridgehead atoms. The molecule has 282 valence electrons. The normalized spacial score (nSPS) is 30.2. The molecule has 1 saturated heterocycles. The van der Waals surface area contributed by atoms with E-state index in [1.807, 2.05) is 19.1 Å². The van der Waals surface area contributed by atoms with E-state index in [2.05, 4.69) is 20.3 Å². The number of sulfonamides is 1. The van der Waals surface area contributed by atoms with Gasteiger partial charge in [-0.2, -0.15) is 0 Å². The molecule has 4 N–H and O–H groups in total. The highest BCUT2D eigenvalue weighted by Gasteiger charge is 2.63. The molecule has 52 heavy (non-hydrogen) atoms. The average molecular weight is 744 g/mol. The first-order chi connectivity index (χ1) is 24.6. The lowest BCUT2D eigenvalue weighted by atomic mass is 9.88. The van der Waals surface area contributed by atoms with Crippen LogP contribution in [0, 0.1) is 23.6 Å². The van der Waals surface area contributed by atoms with Crippen LogP contribution in [0.4, 0.5) is 9.18 Å². The molecule has 1 aromatic heterocycles. The number of carbonyl (C=O) groups excluding carboxylic acids is 3. The highest BCUT2D eigenvalue weighted by Crippen LogP contribution is 2.49. The van der Waals surface area contributed by atoms with Gasteiger partial charge in [0.15, 0.2) is 11.6 Å². The fourth-order valence-electron chi connectivity index (χ4n) is 7.78. The highest BCUT2D eigenvalue weighted by molar-refractivity contribution is 7.91. The zero-order chi connectivity index (χ0) is 37.6. The molecule has 7 atom stereocenters. The standard InChI is InChI=1S/C36H46FN5O9S/c1-5-35(11-12-35)52(48,49)41-33(45)36-18-23(36)9-7-6-8-20(2)14-21(3)29(39-34(46)47)32(44)42-19-24(16-27(42)30(43)40-36)51-31-25-17-26(37)28(50-4)15-22(25)10-13-38-31/h7,9-10,13,15,17,20-21,23-24,27,29,39H,5-6,8,11-12,14,16,18-19H2,1-4H3,(H,40,43)(H,41,45)(H,46,47)/t20-,21-,23-,24-,27+,29+,36-/m1/s1. The van der Waals surface area contributed by atoms with Crippen molar-refractivity contribution in [3.63, 3.8) is 0 Å². The number of allylic oxidation sites excluding steroid dienone is 1. The molecule has 1 aromatic carbocycles. The number of ether oxygens (including phenoxy) is 2. The van der Waals surface area contributed by atoms with Crippen molar-refractivity contribution in [2.75, 3.05) is 13.7 Å². The number of rotatable bonds is 8. The quantitative estimate of drug-likeness (QED) is 0.290. The maximum atomic E-state index is 14.8. The third-order valence-electron chi connectivity index (χ3n) is 11.2. The minimum Gasteiger partial charge on any atom is -0.494 e. The molecule has 2 aliphatic carbocycles. The number of aromatic nitrogens is 1. The number of nitrogens with zero attached hydrogens (tertiary/aromatic N) is 2. The Morgan fingerprint density at radius 1 is 1.19 bits per heavy atom. The topological polar surface area (TPSA) is 193 Å². The van der Waals surface area contributed by atoms with E-state index in [1.165, 1.54) is 30.3 Å². The van der Waals surface area contributed by atoms with Crippen molar-refractivity contribution in [1.82, 2.24) is 25.2 Å². The van der Waals surface area contributed by atoms with Crippen LogP contribution in [0.5, 0.6) is 11.6 Å². The van der Waals surface area contributed by atoms with Gasteiger partial charge in [-0.25, -0.2) is 22.6 Å². The number of carbonyl (C=O) groups is 4. The van der Waals surface area contributed by atoms with E-state index >= 15 is 0 Å². The number of carboxylic acid groups (broad SMARTS) is 1. The summed E-state index contributed by atoms with van der Waals surface area (Å²) in [6.07, 6.45) is 6.10. The second kappa shape index (κ2) is 14.2. The lowest BCUT2D eigenvalue weighted by Crippen LogP contribution is -2.59. The number of fused-ring (bicyclic) bond motifs is 3. The van der Waals surface area contributed by atoms with E-state index in [-0.39, 0.29) is 36.9 Å². The van der Waals surface area contributed by atoms with Gasteiger partial charge >= 0.3 is 6.09 Å². The van der Waals surface area contributed by atoms with Crippen molar-refractivity contribution in [2.45, 2.75) is 101 Å². The van der Waals surface area contributed by atoms with Gasteiger partial charge in [0.05, 0.1) is 18.4 Å². The van der Waals surface area contributed by atoms with Gasteiger partial charge in [-0.15, -0.1) is 0 Å². The zero-order valence-corrected chi connectivity index (χ0v) is 30.5. The average Bonchev–Trinajstić information content (AvgIpc) is 4.00. The summed E-state index contributed by atoms with van der Waals surface area (Å²) in [6, 6.07) is 1.94. The SMILES string of the molecule is CCC1(S(=O)(=O)NC(=O)[C@@]23C[C@H]2C=CCC[C@@H](C)C[C@@H](C)[C@H](NC(=O)O)C(=O)N2C[C@H](Oc4nccc5cc(OC)c(F)cc45)C[C@H]2C(=O)N3)CC1. The second-order valence-electron chi connectivity index (χ2n) is 14.8. The third kappa shape index (κ3) is 7.13. The Morgan fingerprint density at radius 2 is 1.94 bits per heavy atom. The lowest BCUT2D eigenvalue weighted by molar-refractivity contribution is -0.142. The first-order valence-corrected chi connectivity index (χ1v) is 19.3. The summed E-state index contributed by atoms with van der Waals surface area (Å²) in [4.78, 5) is 60.0.